The van der Waals surface area contributed by atoms with Gasteiger partial charge in [-0.2, -0.15) is 0 Å². The van der Waals surface area contributed by atoms with Crippen molar-refractivity contribution in [2.75, 3.05) is 7.05 Å². The third-order valence-corrected chi connectivity index (χ3v) is 2.58. The van der Waals surface area contributed by atoms with E-state index in [4.69, 9.17) is 0 Å². The molecule has 0 radical (unpaired) electrons. The van der Waals surface area contributed by atoms with Crippen LogP contribution < -0.4 is 5.32 Å². The summed E-state index contributed by atoms with van der Waals surface area (Å²) in [5.74, 6) is -0.330. The summed E-state index contributed by atoms with van der Waals surface area (Å²) in [6.45, 7) is 1.98. The number of rotatable bonds is 3. The first-order valence-electron chi connectivity index (χ1n) is 5.40. The van der Waals surface area contributed by atoms with Crippen molar-refractivity contribution in [3.8, 4) is 0 Å². The minimum atomic E-state index is -0.330. The molecule has 0 fully saturated rings. The van der Waals surface area contributed by atoms with Gasteiger partial charge in [-0.1, -0.05) is 6.07 Å². The number of nitrogens with one attached hydrogen (secondary N) is 1. The Morgan fingerprint density at radius 1 is 1.06 bits per heavy atom. The molecule has 0 aromatic carbocycles. The van der Waals surface area contributed by atoms with Crippen molar-refractivity contribution in [2.45, 2.75) is 13.0 Å². The molecule has 2 aromatic heterocycles. The van der Waals surface area contributed by atoms with Crippen LogP contribution in [0.5, 0.6) is 0 Å². The van der Waals surface area contributed by atoms with Crippen LogP contribution in [0.1, 0.15) is 22.7 Å². The molecule has 2 rings (SSSR count). The summed E-state index contributed by atoms with van der Waals surface area (Å²) >= 11 is 0. The van der Waals surface area contributed by atoms with E-state index >= 15 is 0 Å². The fourth-order valence-corrected chi connectivity index (χ4v) is 1.85. The van der Waals surface area contributed by atoms with E-state index in [-0.39, 0.29) is 11.9 Å². The standard InChI is InChI=1S/C13H14FN3/c1-9-3-10(6-16-5-9)13(15-2)11-4-12(14)8-17-7-11/h3-8,13,15H,1-2H3. The first kappa shape index (κ1) is 11.7. The van der Waals surface area contributed by atoms with Crippen molar-refractivity contribution >= 4 is 0 Å². The maximum atomic E-state index is 13.2. The Balaban J connectivity index is 2.40. The minimum Gasteiger partial charge on any atom is -0.309 e. The molecule has 17 heavy (non-hydrogen) atoms. The molecule has 0 bridgehead atoms. The summed E-state index contributed by atoms with van der Waals surface area (Å²) in [5.41, 5.74) is 2.87. The van der Waals surface area contributed by atoms with Crippen LogP contribution in [0.4, 0.5) is 4.39 Å². The largest absolute Gasteiger partial charge is 0.309 e. The predicted molar refractivity (Wildman–Crippen MR) is 64.1 cm³/mol. The van der Waals surface area contributed by atoms with Gasteiger partial charge in [0.25, 0.3) is 0 Å². The average molecular weight is 231 g/mol. The van der Waals surface area contributed by atoms with Gasteiger partial charge in [-0.3, -0.25) is 9.97 Å². The first-order valence-corrected chi connectivity index (χ1v) is 5.40. The Bertz CT molecular complexity index is 468. The Hall–Kier alpha value is -1.81. The number of nitrogens with zero attached hydrogens (tertiary/aromatic N) is 2. The lowest BCUT2D eigenvalue weighted by molar-refractivity contribution is 0.608. The molecule has 0 spiro atoms. The van der Waals surface area contributed by atoms with E-state index in [2.05, 4.69) is 15.3 Å². The van der Waals surface area contributed by atoms with Crippen LogP contribution in [0.2, 0.25) is 0 Å². The number of hydrogen-bond donors (Lipinski definition) is 1. The molecule has 2 heterocycles. The summed E-state index contributed by atoms with van der Waals surface area (Å²) in [5, 5.41) is 3.14. The van der Waals surface area contributed by atoms with Crippen molar-refractivity contribution < 1.29 is 4.39 Å². The summed E-state index contributed by atoms with van der Waals surface area (Å²) < 4.78 is 13.2. The van der Waals surface area contributed by atoms with Gasteiger partial charge in [0.2, 0.25) is 0 Å². The van der Waals surface area contributed by atoms with Crippen molar-refractivity contribution in [3.63, 3.8) is 0 Å². The van der Waals surface area contributed by atoms with Gasteiger partial charge < -0.3 is 5.32 Å². The number of pyridine rings is 2. The van der Waals surface area contributed by atoms with E-state index in [1.807, 2.05) is 20.0 Å². The Kier molecular flexibility index (Phi) is 3.44. The summed E-state index contributed by atoms with van der Waals surface area (Å²) in [7, 11) is 1.83. The number of hydrogen-bond acceptors (Lipinski definition) is 3. The Labute approximate surface area is 99.7 Å². The summed E-state index contributed by atoms with van der Waals surface area (Å²) in [6, 6.07) is 3.42. The fraction of sp³-hybridized carbons (Fsp3) is 0.231. The maximum Gasteiger partial charge on any atom is 0.141 e. The van der Waals surface area contributed by atoms with Gasteiger partial charge in [0.15, 0.2) is 0 Å². The molecule has 3 nitrogen and oxygen atoms in total. The van der Waals surface area contributed by atoms with Gasteiger partial charge in [0.1, 0.15) is 5.82 Å². The lowest BCUT2D eigenvalue weighted by Gasteiger charge is -2.16. The van der Waals surface area contributed by atoms with Crippen molar-refractivity contribution in [1.29, 1.82) is 0 Å². The van der Waals surface area contributed by atoms with Crippen LogP contribution in [0, 0.1) is 12.7 Å². The summed E-state index contributed by atoms with van der Waals surface area (Å²) in [4.78, 5) is 8.01. The quantitative estimate of drug-likeness (QED) is 0.880. The number of aryl methyl sites for hydroxylation is 1. The van der Waals surface area contributed by atoms with Crippen molar-refractivity contribution in [2.24, 2.45) is 0 Å². The van der Waals surface area contributed by atoms with Crippen LogP contribution in [-0.2, 0) is 0 Å². The highest BCUT2D eigenvalue weighted by atomic mass is 19.1. The molecule has 2 aromatic rings. The molecule has 0 saturated heterocycles. The van der Waals surface area contributed by atoms with Gasteiger partial charge >= 0.3 is 0 Å². The predicted octanol–water partition coefficient (Wildman–Crippen LogP) is 2.23. The molecule has 0 aliphatic rings. The molecular formula is C13H14FN3. The highest BCUT2D eigenvalue weighted by Crippen LogP contribution is 2.21. The molecular weight excluding hydrogens is 217 g/mol. The third kappa shape index (κ3) is 2.65. The van der Waals surface area contributed by atoms with E-state index in [9.17, 15) is 4.39 Å². The van der Waals surface area contributed by atoms with Crippen molar-refractivity contribution in [1.82, 2.24) is 15.3 Å². The number of halogens is 1. The van der Waals surface area contributed by atoms with E-state index in [0.29, 0.717) is 0 Å². The van der Waals surface area contributed by atoms with Crippen LogP contribution in [0.3, 0.4) is 0 Å². The zero-order chi connectivity index (χ0) is 12.3. The molecule has 1 N–H and O–H groups in total. The first-order chi connectivity index (χ1) is 8.20. The Morgan fingerprint density at radius 2 is 1.71 bits per heavy atom. The van der Waals surface area contributed by atoms with Gasteiger partial charge in [0, 0.05) is 18.6 Å². The molecule has 0 amide bonds. The number of aromatic nitrogens is 2. The molecule has 0 saturated carbocycles. The van der Waals surface area contributed by atoms with E-state index in [0.717, 1.165) is 16.7 Å². The van der Waals surface area contributed by atoms with Gasteiger partial charge in [0.05, 0.1) is 12.2 Å². The van der Waals surface area contributed by atoms with Crippen LogP contribution in [0.25, 0.3) is 0 Å². The van der Waals surface area contributed by atoms with E-state index in [1.54, 1.807) is 18.6 Å². The molecule has 1 atom stereocenters. The normalized spacial score (nSPS) is 12.4. The zero-order valence-electron chi connectivity index (χ0n) is 9.81. The SMILES string of the molecule is CNC(c1cncc(C)c1)c1cncc(F)c1. The monoisotopic (exact) mass is 231 g/mol. The molecule has 4 heteroatoms. The van der Waals surface area contributed by atoms with Crippen molar-refractivity contribution in [3.05, 3.63) is 59.4 Å². The molecule has 1 unspecified atom stereocenters. The molecule has 88 valence electrons. The second-order valence-corrected chi connectivity index (χ2v) is 3.95. The van der Waals surface area contributed by atoms with Crippen LogP contribution in [0.15, 0.2) is 36.9 Å². The second-order valence-electron chi connectivity index (χ2n) is 3.95. The fourth-order valence-electron chi connectivity index (χ4n) is 1.85. The minimum absolute atomic E-state index is 0.0920. The summed E-state index contributed by atoms with van der Waals surface area (Å²) in [6.07, 6.45) is 6.43. The molecule has 0 aliphatic heterocycles. The highest BCUT2D eigenvalue weighted by Gasteiger charge is 2.13. The van der Waals surface area contributed by atoms with Crippen LogP contribution in [-0.4, -0.2) is 17.0 Å². The van der Waals surface area contributed by atoms with E-state index in [1.165, 1.54) is 12.3 Å². The van der Waals surface area contributed by atoms with Gasteiger partial charge in [-0.05, 0) is 36.7 Å². The maximum absolute atomic E-state index is 13.2. The lowest BCUT2D eigenvalue weighted by Crippen LogP contribution is -2.18. The lowest BCUT2D eigenvalue weighted by atomic mass is 10.0. The third-order valence-electron chi connectivity index (χ3n) is 2.58. The Morgan fingerprint density at radius 3 is 2.29 bits per heavy atom. The van der Waals surface area contributed by atoms with Gasteiger partial charge in [-0.25, -0.2) is 4.39 Å². The highest BCUT2D eigenvalue weighted by molar-refractivity contribution is 5.30. The second kappa shape index (κ2) is 5.01. The topological polar surface area (TPSA) is 37.8 Å². The van der Waals surface area contributed by atoms with Gasteiger partial charge in [-0.15, -0.1) is 0 Å². The smallest absolute Gasteiger partial charge is 0.141 e. The molecule has 0 aliphatic carbocycles. The zero-order valence-corrected chi connectivity index (χ0v) is 9.81. The van der Waals surface area contributed by atoms with E-state index < -0.39 is 0 Å². The average Bonchev–Trinajstić information content (AvgIpc) is 2.30. The van der Waals surface area contributed by atoms with Crippen LogP contribution >= 0.6 is 0 Å².